The number of rotatable bonds is 4. The summed E-state index contributed by atoms with van der Waals surface area (Å²) in [6, 6.07) is 12.1. The number of aromatic nitrogens is 2. The standard InChI is InChI=1S/C19H13F3N4O2/c20-14-8-13(9-15(21)18(14)22)16-10-17(25-6-7-28-24-25)19(27)26(23-16)11-12-4-2-1-3-5-12/h1-10,24H,11H2. The van der Waals surface area contributed by atoms with E-state index in [2.05, 4.69) is 10.7 Å². The minimum Gasteiger partial charge on any atom is -0.395 e. The van der Waals surface area contributed by atoms with Gasteiger partial charge in [-0.25, -0.2) is 22.9 Å². The molecule has 4 rings (SSSR count). The summed E-state index contributed by atoms with van der Waals surface area (Å²) >= 11 is 0. The van der Waals surface area contributed by atoms with Crippen LogP contribution < -0.4 is 16.2 Å². The van der Waals surface area contributed by atoms with Crippen LogP contribution in [0.15, 0.2) is 65.8 Å². The van der Waals surface area contributed by atoms with Crippen LogP contribution >= 0.6 is 0 Å². The molecule has 1 aliphatic rings. The van der Waals surface area contributed by atoms with Gasteiger partial charge < -0.3 is 4.84 Å². The van der Waals surface area contributed by atoms with Crippen LogP contribution in [0, 0.1) is 17.5 Å². The molecule has 6 nitrogen and oxygen atoms in total. The molecular formula is C19H13F3N4O2. The second-order valence-corrected chi connectivity index (χ2v) is 5.98. The predicted molar refractivity (Wildman–Crippen MR) is 95.2 cm³/mol. The third-order valence-corrected chi connectivity index (χ3v) is 4.10. The summed E-state index contributed by atoms with van der Waals surface area (Å²) in [5, 5.41) is 5.51. The highest BCUT2D eigenvalue weighted by Gasteiger charge is 2.19. The minimum absolute atomic E-state index is 0.0106. The average Bonchev–Trinajstić information content (AvgIpc) is 3.22. The highest BCUT2D eigenvalue weighted by Crippen LogP contribution is 2.24. The third-order valence-electron chi connectivity index (χ3n) is 4.10. The predicted octanol–water partition coefficient (Wildman–Crippen LogP) is 3.10. The number of hydrogen-bond donors (Lipinski definition) is 1. The number of hydrogen-bond acceptors (Lipinski definition) is 5. The van der Waals surface area contributed by atoms with Crippen molar-refractivity contribution in [3.63, 3.8) is 0 Å². The maximum Gasteiger partial charge on any atom is 0.292 e. The van der Waals surface area contributed by atoms with Gasteiger partial charge in [0.2, 0.25) is 0 Å². The van der Waals surface area contributed by atoms with Crippen LogP contribution in [0.3, 0.4) is 0 Å². The minimum atomic E-state index is -1.57. The molecule has 0 unspecified atom stereocenters. The van der Waals surface area contributed by atoms with Gasteiger partial charge in [0.25, 0.3) is 5.56 Å². The van der Waals surface area contributed by atoms with Crippen molar-refractivity contribution in [2.24, 2.45) is 0 Å². The van der Waals surface area contributed by atoms with Crippen molar-refractivity contribution in [1.29, 1.82) is 0 Å². The van der Waals surface area contributed by atoms with E-state index in [9.17, 15) is 18.0 Å². The highest BCUT2D eigenvalue weighted by molar-refractivity contribution is 5.64. The summed E-state index contributed by atoms with van der Waals surface area (Å²) in [5.41, 5.74) is 3.02. The zero-order valence-electron chi connectivity index (χ0n) is 14.3. The van der Waals surface area contributed by atoms with Gasteiger partial charge in [-0.15, -0.1) is 0 Å². The van der Waals surface area contributed by atoms with Gasteiger partial charge in [-0.2, -0.15) is 5.10 Å². The van der Waals surface area contributed by atoms with Crippen molar-refractivity contribution in [2.45, 2.75) is 6.54 Å². The van der Waals surface area contributed by atoms with E-state index in [4.69, 9.17) is 4.84 Å². The van der Waals surface area contributed by atoms with E-state index in [1.54, 1.807) is 0 Å². The molecular weight excluding hydrogens is 373 g/mol. The first-order valence-corrected chi connectivity index (χ1v) is 8.21. The topological polar surface area (TPSA) is 59.4 Å². The van der Waals surface area contributed by atoms with E-state index in [1.165, 1.54) is 23.5 Å². The van der Waals surface area contributed by atoms with Gasteiger partial charge in [0.1, 0.15) is 11.9 Å². The molecule has 0 radical (unpaired) electrons. The zero-order chi connectivity index (χ0) is 19.7. The highest BCUT2D eigenvalue weighted by atomic mass is 19.2. The van der Waals surface area contributed by atoms with E-state index < -0.39 is 23.0 Å². The SMILES string of the molecule is O=c1c(N2C=CON2)cc(-c2cc(F)c(F)c(F)c2)nn1Cc1ccccc1. The molecule has 9 heteroatoms. The molecule has 0 atom stereocenters. The van der Waals surface area contributed by atoms with Gasteiger partial charge in [0.15, 0.2) is 17.5 Å². The molecule has 0 saturated carbocycles. The maximum absolute atomic E-state index is 13.7. The van der Waals surface area contributed by atoms with Crippen LogP contribution in [0.25, 0.3) is 11.3 Å². The van der Waals surface area contributed by atoms with Crippen molar-refractivity contribution in [3.8, 4) is 11.3 Å². The first-order valence-electron chi connectivity index (χ1n) is 8.21. The fraction of sp³-hybridized carbons (Fsp3) is 0.0526. The number of halogens is 3. The lowest BCUT2D eigenvalue weighted by Crippen LogP contribution is -2.35. The molecule has 3 aromatic rings. The van der Waals surface area contributed by atoms with Gasteiger partial charge in [0, 0.05) is 5.56 Å². The number of nitrogens with zero attached hydrogens (tertiary/aromatic N) is 3. The summed E-state index contributed by atoms with van der Waals surface area (Å²) in [4.78, 5) is 17.7. The second-order valence-electron chi connectivity index (χ2n) is 5.98. The molecule has 0 amide bonds. The fourth-order valence-corrected chi connectivity index (χ4v) is 2.75. The molecule has 0 bridgehead atoms. The smallest absolute Gasteiger partial charge is 0.292 e. The monoisotopic (exact) mass is 386 g/mol. The van der Waals surface area contributed by atoms with Gasteiger partial charge in [-0.05, 0) is 23.8 Å². The molecule has 28 heavy (non-hydrogen) atoms. The summed E-state index contributed by atoms with van der Waals surface area (Å²) in [7, 11) is 0. The number of benzene rings is 2. The van der Waals surface area contributed by atoms with Crippen molar-refractivity contribution >= 4 is 5.69 Å². The molecule has 0 spiro atoms. The fourth-order valence-electron chi connectivity index (χ4n) is 2.75. The van der Waals surface area contributed by atoms with Gasteiger partial charge >= 0.3 is 0 Å². The Labute approximate surface area is 157 Å². The maximum atomic E-state index is 13.7. The lowest BCUT2D eigenvalue weighted by atomic mass is 10.1. The van der Waals surface area contributed by atoms with Gasteiger partial charge in [-0.1, -0.05) is 35.9 Å². The normalized spacial score (nSPS) is 13.0. The Bertz CT molecular complexity index is 1090. The van der Waals surface area contributed by atoms with E-state index in [0.29, 0.717) is 0 Å². The van der Waals surface area contributed by atoms with Crippen LogP contribution in [0.1, 0.15) is 5.56 Å². The number of anilines is 1. The molecule has 0 fully saturated rings. The quantitative estimate of drug-likeness (QED) is 0.699. The molecule has 1 aromatic heterocycles. The van der Waals surface area contributed by atoms with Gasteiger partial charge in [-0.3, -0.25) is 4.79 Å². The molecule has 2 heterocycles. The Balaban J connectivity index is 1.86. The van der Waals surface area contributed by atoms with Crippen LogP contribution in [-0.4, -0.2) is 9.78 Å². The second kappa shape index (κ2) is 7.20. The van der Waals surface area contributed by atoms with Crippen molar-refractivity contribution in [2.75, 3.05) is 5.01 Å². The Morgan fingerprint density at radius 1 is 1.04 bits per heavy atom. The first-order chi connectivity index (χ1) is 13.5. The van der Waals surface area contributed by atoms with E-state index in [1.807, 2.05) is 30.3 Å². The molecule has 0 saturated heterocycles. The van der Waals surface area contributed by atoms with Gasteiger partial charge in [0.05, 0.1) is 18.4 Å². The van der Waals surface area contributed by atoms with Crippen molar-refractivity contribution < 1.29 is 18.0 Å². The lowest BCUT2D eigenvalue weighted by Gasteiger charge is -2.16. The molecule has 0 aliphatic carbocycles. The molecule has 2 aromatic carbocycles. The van der Waals surface area contributed by atoms with Crippen LogP contribution in [0.4, 0.5) is 18.9 Å². The Morgan fingerprint density at radius 3 is 2.39 bits per heavy atom. The van der Waals surface area contributed by atoms with Crippen LogP contribution in [0.5, 0.6) is 0 Å². The summed E-state index contributed by atoms with van der Waals surface area (Å²) in [5.74, 6) is -4.26. The van der Waals surface area contributed by atoms with E-state index in [0.717, 1.165) is 22.4 Å². The van der Waals surface area contributed by atoms with Crippen LogP contribution in [0.2, 0.25) is 0 Å². The Morgan fingerprint density at radius 2 is 1.75 bits per heavy atom. The van der Waals surface area contributed by atoms with E-state index >= 15 is 0 Å². The Hall–Kier alpha value is -3.59. The van der Waals surface area contributed by atoms with Crippen molar-refractivity contribution in [1.82, 2.24) is 15.4 Å². The van der Waals surface area contributed by atoms with Crippen LogP contribution in [-0.2, 0) is 11.4 Å². The van der Waals surface area contributed by atoms with E-state index in [-0.39, 0.29) is 23.5 Å². The molecule has 1 N–H and O–H groups in total. The summed E-state index contributed by atoms with van der Waals surface area (Å²) in [6.45, 7) is 0.130. The average molecular weight is 386 g/mol. The lowest BCUT2D eigenvalue weighted by molar-refractivity contribution is 0.158. The first kappa shape index (κ1) is 17.8. The molecule has 1 aliphatic heterocycles. The summed E-state index contributed by atoms with van der Waals surface area (Å²) in [6.07, 6.45) is 2.78. The zero-order valence-corrected chi connectivity index (χ0v) is 14.3. The largest absolute Gasteiger partial charge is 0.395 e. The Kier molecular flexibility index (Phi) is 4.58. The van der Waals surface area contributed by atoms with Crippen molar-refractivity contribution in [3.05, 3.63) is 94.4 Å². The summed E-state index contributed by atoms with van der Waals surface area (Å²) < 4.78 is 41.8. The molecule has 142 valence electrons. The third kappa shape index (κ3) is 3.35. The number of nitrogens with one attached hydrogen (secondary N) is 1. The number of hydrazine groups is 1.